The summed E-state index contributed by atoms with van der Waals surface area (Å²) in [6.07, 6.45) is 1.39. The Bertz CT molecular complexity index is 1560. The lowest BCUT2D eigenvalue weighted by atomic mass is 9.94. The van der Waals surface area contributed by atoms with Gasteiger partial charge in [0, 0.05) is 36.4 Å². The van der Waals surface area contributed by atoms with Gasteiger partial charge in [-0.15, -0.1) is 0 Å². The Morgan fingerprint density at radius 3 is 2.24 bits per heavy atom. The average molecular weight is 723 g/mol. The zero-order valence-corrected chi connectivity index (χ0v) is 28.1. The lowest BCUT2D eigenvalue weighted by Gasteiger charge is -2.34. The van der Waals surface area contributed by atoms with Gasteiger partial charge in [0.15, 0.2) is 0 Å². The van der Waals surface area contributed by atoms with Crippen molar-refractivity contribution in [2.75, 3.05) is 17.1 Å². The zero-order valence-electron chi connectivity index (χ0n) is 25.7. The Balaban J connectivity index is 1.59. The number of nitrogens with zero attached hydrogens (tertiary/aromatic N) is 2. The molecule has 0 unspecified atom stereocenters. The van der Waals surface area contributed by atoms with Crippen LogP contribution < -0.4 is 9.62 Å². The first kappa shape index (κ1) is 35.5. The molecule has 0 heterocycles. The van der Waals surface area contributed by atoms with Crippen LogP contribution in [0.3, 0.4) is 0 Å². The first-order valence-corrected chi connectivity index (χ1v) is 18.0. The Morgan fingerprint density at radius 2 is 1.61 bits per heavy atom. The highest BCUT2D eigenvalue weighted by atomic mass is 79.9. The van der Waals surface area contributed by atoms with Crippen molar-refractivity contribution < 1.29 is 31.2 Å². The van der Waals surface area contributed by atoms with E-state index in [9.17, 15) is 31.2 Å². The number of halogens is 4. The smallest absolute Gasteiger partial charge is 0.352 e. The molecule has 7 nitrogen and oxygen atoms in total. The molecule has 1 fully saturated rings. The molecule has 4 rings (SSSR count). The third kappa shape index (κ3) is 10.3. The van der Waals surface area contributed by atoms with E-state index in [1.54, 1.807) is 4.90 Å². The van der Waals surface area contributed by atoms with Gasteiger partial charge in [-0.05, 0) is 60.7 Å². The molecule has 12 heteroatoms. The fourth-order valence-corrected chi connectivity index (χ4v) is 6.95. The van der Waals surface area contributed by atoms with Gasteiger partial charge in [-0.25, -0.2) is 8.42 Å². The number of amides is 2. The Kier molecular flexibility index (Phi) is 12.3. The summed E-state index contributed by atoms with van der Waals surface area (Å²) in [5, 5.41) is 3.18. The molecular weight excluding hydrogens is 683 g/mol. The molecule has 1 atom stereocenters. The minimum absolute atomic E-state index is 0.0277. The molecule has 1 aliphatic carbocycles. The fraction of sp³-hybridized carbons (Fsp3) is 0.412. The summed E-state index contributed by atoms with van der Waals surface area (Å²) in [5.74, 6) is -0.608. The van der Waals surface area contributed by atoms with Gasteiger partial charge >= 0.3 is 6.18 Å². The second-order valence-corrected chi connectivity index (χ2v) is 14.5. The minimum Gasteiger partial charge on any atom is -0.352 e. The standard InChI is InChI=1S/C34H39BrF3N3O4S/c1-46(44,45)41(30-15-8-12-27(23-30)34(36,37)38)21-9-16-32(42)40(24-26-17-19-28(35)20-18-26)31(22-25-10-4-2-5-11-25)33(43)39-29-13-6-3-7-14-29/h2,4-5,8,10-12,15,17-20,23,29,31H,3,6-7,9,13-14,16,21-22,24H2,1H3,(H,39,43)/t31-/m1/s1. The number of nitrogens with one attached hydrogen (secondary N) is 1. The molecule has 1 N–H and O–H groups in total. The molecule has 0 aromatic heterocycles. The predicted octanol–water partition coefficient (Wildman–Crippen LogP) is 7.10. The normalized spacial score (nSPS) is 14.8. The van der Waals surface area contributed by atoms with Gasteiger partial charge in [0.05, 0.1) is 17.5 Å². The Labute approximate surface area is 277 Å². The summed E-state index contributed by atoms with van der Waals surface area (Å²) in [4.78, 5) is 29.5. The van der Waals surface area contributed by atoms with Crippen molar-refractivity contribution in [3.8, 4) is 0 Å². The number of alkyl halides is 3. The summed E-state index contributed by atoms with van der Waals surface area (Å²) in [6, 6.07) is 20.2. The van der Waals surface area contributed by atoms with Crippen molar-refractivity contribution in [2.24, 2.45) is 0 Å². The van der Waals surface area contributed by atoms with Crippen molar-refractivity contribution in [3.63, 3.8) is 0 Å². The number of carbonyl (C=O) groups excluding carboxylic acids is 2. The van der Waals surface area contributed by atoms with E-state index >= 15 is 0 Å². The van der Waals surface area contributed by atoms with Crippen LogP contribution >= 0.6 is 15.9 Å². The highest BCUT2D eigenvalue weighted by Gasteiger charge is 2.33. The fourth-order valence-electron chi connectivity index (χ4n) is 5.73. The number of hydrogen-bond donors (Lipinski definition) is 1. The maximum atomic E-state index is 14.0. The van der Waals surface area contributed by atoms with E-state index in [0.717, 1.165) is 76.5 Å². The second-order valence-electron chi connectivity index (χ2n) is 11.7. The zero-order chi connectivity index (χ0) is 33.3. The molecule has 3 aromatic rings. The quantitative estimate of drug-likeness (QED) is 0.204. The monoisotopic (exact) mass is 721 g/mol. The molecule has 46 heavy (non-hydrogen) atoms. The largest absolute Gasteiger partial charge is 0.416 e. The van der Waals surface area contributed by atoms with Crippen molar-refractivity contribution in [3.05, 3.63) is 100 Å². The van der Waals surface area contributed by atoms with Gasteiger partial charge in [-0.2, -0.15) is 13.2 Å². The molecule has 0 bridgehead atoms. The van der Waals surface area contributed by atoms with E-state index in [-0.39, 0.29) is 55.9 Å². The van der Waals surface area contributed by atoms with E-state index < -0.39 is 27.8 Å². The Morgan fingerprint density at radius 1 is 0.935 bits per heavy atom. The molecule has 0 spiro atoms. The SMILES string of the molecule is CS(=O)(=O)N(CCCC(=O)N(Cc1ccc(Br)cc1)[C@H](Cc1ccccc1)C(=O)NC1CCCCC1)c1cccc(C(F)(F)F)c1. The lowest BCUT2D eigenvalue weighted by Crippen LogP contribution is -2.52. The van der Waals surface area contributed by atoms with Gasteiger partial charge in [0.2, 0.25) is 21.8 Å². The molecular formula is C34H39BrF3N3O4S. The molecule has 2 amide bonds. The molecule has 1 aliphatic rings. The average Bonchev–Trinajstić information content (AvgIpc) is 3.02. The number of sulfonamides is 1. The first-order chi connectivity index (χ1) is 21.8. The molecule has 0 saturated heterocycles. The van der Waals surface area contributed by atoms with Gasteiger partial charge < -0.3 is 10.2 Å². The number of hydrogen-bond acceptors (Lipinski definition) is 4. The van der Waals surface area contributed by atoms with Crippen molar-refractivity contribution >= 4 is 43.5 Å². The van der Waals surface area contributed by atoms with Crippen LogP contribution in [0.15, 0.2) is 83.3 Å². The summed E-state index contributed by atoms with van der Waals surface area (Å²) in [6.45, 7) is -0.0687. The van der Waals surface area contributed by atoms with Crippen molar-refractivity contribution in [2.45, 2.75) is 76.2 Å². The number of anilines is 1. The molecule has 0 aliphatic heterocycles. The maximum Gasteiger partial charge on any atom is 0.416 e. The Hall–Kier alpha value is -3.38. The maximum absolute atomic E-state index is 14.0. The number of rotatable bonds is 13. The summed E-state index contributed by atoms with van der Waals surface area (Å²) in [7, 11) is -3.97. The van der Waals surface area contributed by atoms with Gasteiger partial charge in [-0.1, -0.05) is 83.7 Å². The number of carbonyl (C=O) groups is 2. The van der Waals surface area contributed by atoms with E-state index in [0.29, 0.717) is 0 Å². The summed E-state index contributed by atoms with van der Waals surface area (Å²) < 4.78 is 67.2. The van der Waals surface area contributed by atoms with Gasteiger partial charge in [0.25, 0.3) is 0 Å². The molecule has 0 radical (unpaired) electrons. The van der Waals surface area contributed by atoms with E-state index in [1.807, 2.05) is 54.6 Å². The van der Waals surface area contributed by atoms with Crippen LogP contribution in [0.5, 0.6) is 0 Å². The lowest BCUT2D eigenvalue weighted by molar-refractivity contribution is -0.141. The van der Waals surface area contributed by atoms with Gasteiger partial charge in [0.1, 0.15) is 6.04 Å². The van der Waals surface area contributed by atoms with Crippen LogP contribution in [-0.4, -0.2) is 50.0 Å². The second kappa shape index (κ2) is 15.9. The highest BCUT2D eigenvalue weighted by Crippen LogP contribution is 2.32. The summed E-state index contributed by atoms with van der Waals surface area (Å²) >= 11 is 3.43. The van der Waals surface area contributed by atoms with Crippen LogP contribution in [0.2, 0.25) is 0 Å². The molecule has 1 saturated carbocycles. The van der Waals surface area contributed by atoms with E-state index in [4.69, 9.17) is 0 Å². The van der Waals surface area contributed by atoms with Crippen molar-refractivity contribution in [1.29, 1.82) is 0 Å². The third-order valence-electron chi connectivity index (χ3n) is 8.10. The number of benzene rings is 3. The highest BCUT2D eigenvalue weighted by molar-refractivity contribution is 9.10. The van der Waals surface area contributed by atoms with E-state index in [1.165, 1.54) is 6.07 Å². The van der Waals surface area contributed by atoms with Crippen LogP contribution in [-0.2, 0) is 38.8 Å². The van der Waals surface area contributed by atoms with E-state index in [2.05, 4.69) is 21.2 Å². The minimum atomic E-state index is -4.64. The predicted molar refractivity (Wildman–Crippen MR) is 177 cm³/mol. The van der Waals surface area contributed by atoms with Crippen LogP contribution in [0.1, 0.15) is 61.6 Å². The van der Waals surface area contributed by atoms with Crippen LogP contribution in [0, 0.1) is 0 Å². The van der Waals surface area contributed by atoms with Gasteiger partial charge in [-0.3, -0.25) is 13.9 Å². The molecule has 248 valence electrons. The summed E-state index contributed by atoms with van der Waals surface area (Å²) in [5.41, 5.74) is 0.586. The van der Waals surface area contributed by atoms with Crippen LogP contribution in [0.25, 0.3) is 0 Å². The first-order valence-electron chi connectivity index (χ1n) is 15.3. The van der Waals surface area contributed by atoms with Crippen LogP contribution in [0.4, 0.5) is 18.9 Å². The van der Waals surface area contributed by atoms with Crippen molar-refractivity contribution in [1.82, 2.24) is 10.2 Å². The molecule has 3 aromatic carbocycles. The topological polar surface area (TPSA) is 86.8 Å². The third-order valence-corrected chi connectivity index (χ3v) is 9.83.